The molecule has 0 bridgehead atoms. The predicted octanol–water partition coefficient (Wildman–Crippen LogP) is 2.09. The maximum atomic E-state index is 9.99. The largest absolute Gasteiger partial charge is 0.387 e. The van der Waals surface area contributed by atoms with Crippen molar-refractivity contribution in [3.63, 3.8) is 0 Å². The van der Waals surface area contributed by atoms with Crippen LogP contribution in [-0.2, 0) is 13.5 Å². The van der Waals surface area contributed by atoms with Crippen molar-refractivity contribution in [2.45, 2.75) is 18.9 Å². The maximum Gasteiger partial charge on any atom is 0.0958 e. The molecule has 0 aliphatic carbocycles. The second-order valence-electron chi connectivity index (χ2n) is 3.97. The summed E-state index contributed by atoms with van der Waals surface area (Å²) in [6.45, 7) is 0. The molecule has 0 unspecified atom stereocenters. The van der Waals surface area contributed by atoms with Crippen molar-refractivity contribution in [1.29, 1.82) is 0 Å². The highest BCUT2D eigenvalue weighted by molar-refractivity contribution is 5.15. The average molecular weight is 216 g/mol. The fourth-order valence-electron chi connectivity index (χ4n) is 1.78. The molecule has 1 N–H and O–H groups in total. The van der Waals surface area contributed by atoms with Gasteiger partial charge in [0.25, 0.3) is 0 Å². The van der Waals surface area contributed by atoms with Crippen LogP contribution in [0.4, 0.5) is 0 Å². The SMILES string of the molecule is Cn1cncc1[C@@H](O)CCc1ccccc1. The zero-order valence-electron chi connectivity index (χ0n) is 9.37. The fraction of sp³-hybridized carbons (Fsp3) is 0.308. The van der Waals surface area contributed by atoms with Crippen molar-refractivity contribution in [2.75, 3.05) is 0 Å². The van der Waals surface area contributed by atoms with Gasteiger partial charge in [0.05, 0.1) is 24.3 Å². The average Bonchev–Trinajstić information content (AvgIpc) is 2.74. The number of aliphatic hydroxyl groups excluding tert-OH is 1. The number of hydrogen-bond acceptors (Lipinski definition) is 2. The van der Waals surface area contributed by atoms with Crippen molar-refractivity contribution in [3.8, 4) is 0 Å². The summed E-state index contributed by atoms with van der Waals surface area (Å²) < 4.78 is 1.86. The van der Waals surface area contributed by atoms with E-state index >= 15 is 0 Å². The monoisotopic (exact) mass is 216 g/mol. The molecular formula is C13H16N2O. The molecule has 0 aliphatic rings. The van der Waals surface area contributed by atoms with Gasteiger partial charge < -0.3 is 9.67 Å². The van der Waals surface area contributed by atoms with E-state index in [0.29, 0.717) is 0 Å². The third-order valence-electron chi connectivity index (χ3n) is 2.74. The van der Waals surface area contributed by atoms with Crippen LogP contribution in [0, 0.1) is 0 Å². The molecule has 16 heavy (non-hydrogen) atoms. The molecule has 0 saturated heterocycles. The zero-order chi connectivity index (χ0) is 11.4. The highest BCUT2D eigenvalue weighted by Gasteiger charge is 2.10. The number of aromatic nitrogens is 2. The molecule has 1 heterocycles. The summed E-state index contributed by atoms with van der Waals surface area (Å²) in [6.07, 6.45) is 4.60. The quantitative estimate of drug-likeness (QED) is 0.849. The third-order valence-corrected chi connectivity index (χ3v) is 2.74. The highest BCUT2D eigenvalue weighted by atomic mass is 16.3. The fourth-order valence-corrected chi connectivity index (χ4v) is 1.78. The van der Waals surface area contributed by atoms with Gasteiger partial charge in [-0.3, -0.25) is 0 Å². The van der Waals surface area contributed by atoms with Gasteiger partial charge in [-0.15, -0.1) is 0 Å². The Kier molecular flexibility index (Phi) is 3.37. The highest BCUT2D eigenvalue weighted by Crippen LogP contribution is 2.17. The van der Waals surface area contributed by atoms with Gasteiger partial charge in [-0.1, -0.05) is 30.3 Å². The van der Waals surface area contributed by atoms with Gasteiger partial charge in [0.1, 0.15) is 0 Å². The van der Waals surface area contributed by atoms with E-state index < -0.39 is 6.10 Å². The van der Waals surface area contributed by atoms with Gasteiger partial charge in [0, 0.05) is 7.05 Å². The number of benzene rings is 1. The Balaban J connectivity index is 1.94. The number of aliphatic hydroxyl groups is 1. The normalized spacial score (nSPS) is 12.6. The first-order chi connectivity index (χ1) is 7.77. The molecule has 0 saturated carbocycles. The molecule has 1 aromatic heterocycles. The molecule has 0 amide bonds. The molecule has 1 aromatic carbocycles. The number of hydrogen-bond donors (Lipinski definition) is 1. The minimum atomic E-state index is -0.437. The summed E-state index contributed by atoms with van der Waals surface area (Å²) in [5.41, 5.74) is 2.12. The molecule has 0 radical (unpaired) electrons. The topological polar surface area (TPSA) is 38.0 Å². The number of imidazole rings is 1. The number of nitrogens with zero attached hydrogens (tertiary/aromatic N) is 2. The second-order valence-corrected chi connectivity index (χ2v) is 3.97. The maximum absolute atomic E-state index is 9.99. The first-order valence-electron chi connectivity index (χ1n) is 5.45. The molecule has 84 valence electrons. The first kappa shape index (κ1) is 10.9. The van der Waals surface area contributed by atoms with E-state index in [1.54, 1.807) is 12.5 Å². The minimum Gasteiger partial charge on any atom is -0.387 e. The van der Waals surface area contributed by atoms with Crippen molar-refractivity contribution in [3.05, 3.63) is 54.1 Å². The minimum absolute atomic E-state index is 0.437. The van der Waals surface area contributed by atoms with Crippen molar-refractivity contribution in [2.24, 2.45) is 7.05 Å². The van der Waals surface area contributed by atoms with Crippen LogP contribution in [0.15, 0.2) is 42.9 Å². The van der Waals surface area contributed by atoms with Crippen LogP contribution in [0.5, 0.6) is 0 Å². The number of rotatable bonds is 4. The molecule has 2 aromatic rings. The van der Waals surface area contributed by atoms with E-state index in [1.807, 2.05) is 29.8 Å². The summed E-state index contributed by atoms with van der Waals surface area (Å²) in [6, 6.07) is 10.2. The van der Waals surface area contributed by atoms with Crippen molar-refractivity contribution >= 4 is 0 Å². The van der Waals surface area contributed by atoms with Crippen LogP contribution in [0.1, 0.15) is 23.8 Å². The van der Waals surface area contributed by atoms with Gasteiger partial charge >= 0.3 is 0 Å². The molecule has 0 spiro atoms. The van der Waals surface area contributed by atoms with Gasteiger partial charge in [0.15, 0.2) is 0 Å². The summed E-state index contributed by atoms with van der Waals surface area (Å²) in [4.78, 5) is 4.00. The van der Waals surface area contributed by atoms with Gasteiger partial charge in [-0.2, -0.15) is 0 Å². The lowest BCUT2D eigenvalue weighted by molar-refractivity contribution is 0.159. The zero-order valence-corrected chi connectivity index (χ0v) is 9.37. The Hall–Kier alpha value is -1.61. The van der Waals surface area contributed by atoms with Crippen LogP contribution in [0.3, 0.4) is 0 Å². The Bertz CT molecular complexity index is 436. The molecule has 2 rings (SSSR count). The van der Waals surface area contributed by atoms with E-state index in [0.717, 1.165) is 18.5 Å². The molecule has 0 aliphatic heterocycles. The Morgan fingerprint density at radius 3 is 2.69 bits per heavy atom. The lowest BCUT2D eigenvalue weighted by atomic mass is 10.1. The Morgan fingerprint density at radius 1 is 1.31 bits per heavy atom. The summed E-state index contributed by atoms with van der Waals surface area (Å²) >= 11 is 0. The summed E-state index contributed by atoms with van der Waals surface area (Å²) in [5.74, 6) is 0. The van der Waals surface area contributed by atoms with Crippen LogP contribution >= 0.6 is 0 Å². The van der Waals surface area contributed by atoms with E-state index in [-0.39, 0.29) is 0 Å². The van der Waals surface area contributed by atoms with E-state index in [4.69, 9.17) is 0 Å². The summed E-state index contributed by atoms with van der Waals surface area (Å²) in [5, 5.41) is 9.99. The Labute approximate surface area is 95.4 Å². The van der Waals surface area contributed by atoms with Crippen LogP contribution in [0.2, 0.25) is 0 Å². The van der Waals surface area contributed by atoms with Crippen LogP contribution in [-0.4, -0.2) is 14.7 Å². The smallest absolute Gasteiger partial charge is 0.0958 e. The lowest BCUT2D eigenvalue weighted by Crippen LogP contribution is -2.04. The van der Waals surface area contributed by atoms with Gasteiger partial charge in [-0.25, -0.2) is 4.98 Å². The summed E-state index contributed by atoms with van der Waals surface area (Å²) in [7, 11) is 1.90. The van der Waals surface area contributed by atoms with Crippen LogP contribution in [0.25, 0.3) is 0 Å². The molecule has 1 atom stereocenters. The first-order valence-corrected chi connectivity index (χ1v) is 5.45. The van der Waals surface area contributed by atoms with E-state index in [1.165, 1.54) is 5.56 Å². The number of aryl methyl sites for hydroxylation is 2. The van der Waals surface area contributed by atoms with E-state index in [9.17, 15) is 5.11 Å². The Morgan fingerprint density at radius 2 is 2.06 bits per heavy atom. The van der Waals surface area contributed by atoms with Crippen molar-refractivity contribution in [1.82, 2.24) is 9.55 Å². The third kappa shape index (κ3) is 2.49. The lowest BCUT2D eigenvalue weighted by Gasteiger charge is -2.10. The molecular weight excluding hydrogens is 200 g/mol. The second kappa shape index (κ2) is 4.94. The van der Waals surface area contributed by atoms with Crippen molar-refractivity contribution < 1.29 is 5.11 Å². The predicted molar refractivity (Wildman–Crippen MR) is 62.9 cm³/mol. The van der Waals surface area contributed by atoms with Crippen LogP contribution < -0.4 is 0 Å². The molecule has 0 fully saturated rings. The molecule has 3 heteroatoms. The molecule has 3 nitrogen and oxygen atoms in total. The standard InChI is InChI=1S/C13H16N2O/c1-15-10-14-9-12(15)13(16)8-7-11-5-3-2-4-6-11/h2-6,9-10,13,16H,7-8H2,1H3/t13-/m0/s1. The van der Waals surface area contributed by atoms with E-state index in [2.05, 4.69) is 17.1 Å². The van der Waals surface area contributed by atoms with Gasteiger partial charge in [-0.05, 0) is 18.4 Å². The van der Waals surface area contributed by atoms with Gasteiger partial charge in [0.2, 0.25) is 0 Å².